The van der Waals surface area contributed by atoms with Crippen LogP contribution < -0.4 is 5.32 Å². The summed E-state index contributed by atoms with van der Waals surface area (Å²) in [6.07, 6.45) is 0.606. The van der Waals surface area contributed by atoms with Gasteiger partial charge in [-0.3, -0.25) is 14.9 Å². The zero-order valence-corrected chi connectivity index (χ0v) is 10.3. The molecule has 0 saturated heterocycles. The molecule has 0 spiro atoms. The number of rotatable bonds is 5. The molecule has 1 aromatic rings. The van der Waals surface area contributed by atoms with Crippen LogP contribution in [0.5, 0.6) is 0 Å². The molecule has 0 fully saturated rings. The van der Waals surface area contributed by atoms with Crippen LogP contribution in [0, 0.1) is 10.1 Å². The second kappa shape index (κ2) is 6.42. The molecule has 0 radical (unpaired) electrons. The minimum Gasteiger partial charge on any atom is -0.352 e. The summed E-state index contributed by atoms with van der Waals surface area (Å²) in [7, 11) is 0. The molecular formula is C10H10Cl2N2O3. The molecule has 0 bridgehead atoms. The van der Waals surface area contributed by atoms with Gasteiger partial charge in [0.1, 0.15) is 5.56 Å². The van der Waals surface area contributed by atoms with Gasteiger partial charge in [0.25, 0.3) is 11.6 Å². The zero-order chi connectivity index (χ0) is 12.8. The summed E-state index contributed by atoms with van der Waals surface area (Å²) in [5, 5.41) is 13.5. The molecular weight excluding hydrogens is 267 g/mol. The second-order valence-corrected chi connectivity index (χ2v) is 4.03. The van der Waals surface area contributed by atoms with Gasteiger partial charge in [-0.25, -0.2) is 0 Å². The average molecular weight is 277 g/mol. The molecule has 1 N–H and O–H groups in total. The van der Waals surface area contributed by atoms with Crippen LogP contribution in [0.1, 0.15) is 16.8 Å². The van der Waals surface area contributed by atoms with Crippen molar-refractivity contribution in [2.45, 2.75) is 6.42 Å². The number of nitrogens with one attached hydrogen (secondary N) is 1. The molecule has 0 atom stereocenters. The van der Waals surface area contributed by atoms with E-state index < -0.39 is 10.8 Å². The Morgan fingerprint density at radius 1 is 1.47 bits per heavy atom. The Hall–Kier alpha value is -1.33. The number of nitro groups is 1. The van der Waals surface area contributed by atoms with Crippen molar-refractivity contribution in [3.05, 3.63) is 38.9 Å². The van der Waals surface area contributed by atoms with Crippen LogP contribution in [0.25, 0.3) is 0 Å². The largest absolute Gasteiger partial charge is 0.352 e. The summed E-state index contributed by atoms with van der Waals surface area (Å²) < 4.78 is 0. The lowest BCUT2D eigenvalue weighted by molar-refractivity contribution is -0.385. The fraction of sp³-hybridized carbons (Fsp3) is 0.300. The summed E-state index contributed by atoms with van der Waals surface area (Å²) in [5.41, 5.74) is -0.310. The number of hydrogen-bond donors (Lipinski definition) is 1. The lowest BCUT2D eigenvalue weighted by atomic mass is 10.1. The highest BCUT2D eigenvalue weighted by atomic mass is 35.5. The number of carbonyl (C=O) groups excluding carboxylic acids is 1. The standard InChI is InChI=1S/C10H10Cl2N2O3/c11-4-1-5-13-10(15)8-3-2-7(12)6-9(8)14(16)17/h2-3,6H,1,4-5H2,(H,13,15). The lowest BCUT2D eigenvalue weighted by Crippen LogP contribution is -2.25. The molecule has 1 aromatic carbocycles. The molecule has 0 aliphatic rings. The van der Waals surface area contributed by atoms with Crippen molar-refractivity contribution in [3.63, 3.8) is 0 Å². The molecule has 0 aromatic heterocycles. The van der Waals surface area contributed by atoms with Crippen molar-refractivity contribution in [2.24, 2.45) is 0 Å². The van der Waals surface area contributed by atoms with E-state index in [1.54, 1.807) is 0 Å². The maximum atomic E-state index is 11.7. The molecule has 0 unspecified atom stereocenters. The van der Waals surface area contributed by atoms with E-state index in [2.05, 4.69) is 5.32 Å². The molecule has 17 heavy (non-hydrogen) atoms. The fourth-order valence-electron chi connectivity index (χ4n) is 1.21. The number of carbonyl (C=O) groups is 1. The van der Waals surface area contributed by atoms with Crippen molar-refractivity contribution in [3.8, 4) is 0 Å². The van der Waals surface area contributed by atoms with Gasteiger partial charge in [0, 0.05) is 23.5 Å². The van der Waals surface area contributed by atoms with E-state index in [0.29, 0.717) is 18.8 Å². The topological polar surface area (TPSA) is 72.2 Å². The van der Waals surface area contributed by atoms with Gasteiger partial charge >= 0.3 is 0 Å². The highest BCUT2D eigenvalue weighted by Gasteiger charge is 2.19. The lowest BCUT2D eigenvalue weighted by Gasteiger charge is -2.04. The van der Waals surface area contributed by atoms with Gasteiger partial charge in [0.15, 0.2) is 0 Å². The number of hydrogen-bond acceptors (Lipinski definition) is 3. The minimum absolute atomic E-state index is 0.00558. The van der Waals surface area contributed by atoms with Crippen molar-refractivity contribution < 1.29 is 9.72 Å². The maximum Gasteiger partial charge on any atom is 0.283 e. The molecule has 92 valence electrons. The van der Waals surface area contributed by atoms with Crippen molar-refractivity contribution in [1.29, 1.82) is 0 Å². The number of benzene rings is 1. The van der Waals surface area contributed by atoms with E-state index in [1.165, 1.54) is 12.1 Å². The van der Waals surface area contributed by atoms with Crippen LogP contribution in [0.15, 0.2) is 18.2 Å². The molecule has 0 saturated carbocycles. The Kier molecular flexibility index (Phi) is 5.18. The first-order valence-electron chi connectivity index (χ1n) is 4.84. The van der Waals surface area contributed by atoms with Crippen LogP contribution >= 0.6 is 23.2 Å². The predicted molar refractivity (Wildman–Crippen MR) is 65.8 cm³/mol. The van der Waals surface area contributed by atoms with Gasteiger partial charge in [-0.2, -0.15) is 0 Å². The summed E-state index contributed by atoms with van der Waals surface area (Å²) in [6, 6.07) is 3.92. The Bertz CT molecular complexity index is 438. The van der Waals surface area contributed by atoms with Gasteiger partial charge in [0.05, 0.1) is 4.92 Å². The van der Waals surface area contributed by atoms with E-state index in [1.807, 2.05) is 0 Å². The van der Waals surface area contributed by atoms with Crippen LogP contribution in [-0.2, 0) is 0 Å². The summed E-state index contributed by atoms with van der Waals surface area (Å²) >= 11 is 11.1. The third kappa shape index (κ3) is 3.87. The van der Waals surface area contributed by atoms with Gasteiger partial charge < -0.3 is 5.32 Å². The van der Waals surface area contributed by atoms with E-state index in [-0.39, 0.29) is 16.3 Å². The second-order valence-electron chi connectivity index (χ2n) is 3.22. The number of halogens is 2. The van der Waals surface area contributed by atoms with E-state index in [4.69, 9.17) is 23.2 Å². The molecule has 5 nitrogen and oxygen atoms in total. The number of nitro benzene ring substituents is 1. The summed E-state index contributed by atoms with van der Waals surface area (Å²) in [4.78, 5) is 21.8. The SMILES string of the molecule is O=C(NCCCCl)c1ccc(Cl)cc1[N+](=O)[O-]. The average Bonchev–Trinajstić information content (AvgIpc) is 2.29. The quantitative estimate of drug-likeness (QED) is 0.389. The molecule has 0 heterocycles. The molecule has 1 rings (SSSR count). The van der Waals surface area contributed by atoms with Crippen molar-refractivity contribution >= 4 is 34.8 Å². The molecule has 0 aliphatic carbocycles. The van der Waals surface area contributed by atoms with Crippen LogP contribution in [0.2, 0.25) is 5.02 Å². The van der Waals surface area contributed by atoms with Gasteiger partial charge in [-0.15, -0.1) is 11.6 Å². The van der Waals surface area contributed by atoms with E-state index in [0.717, 1.165) is 6.07 Å². The van der Waals surface area contributed by atoms with Crippen molar-refractivity contribution in [2.75, 3.05) is 12.4 Å². The maximum absolute atomic E-state index is 11.7. The fourth-order valence-corrected chi connectivity index (χ4v) is 1.51. The first-order chi connectivity index (χ1) is 8.06. The highest BCUT2D eigenvalue weighted by molar-refractivity contribution is 6.31. The molecule has 1 amide bonds. The molecule has 0 aliphatic heterocycles. The number of nitrogens with zero attached hydrogens (tertiary/aromatic N) is 1. The Morgan fingerprint density at radius 2 is 2.18 bits per heavy atom. The zero-order valence-electron chi connectivity index (χ0n) is 8.78. The first kappa shape index (κ1) is 13.7. The van der Waals surface area contributed by atoms with Crippen LogP contribution in [-0.4, -0.2) is 23.3 Å². The van der Waals surface area contributed by atoms with E-state index in [9.17, 15) is 14.9 Å². The van der Waals surface area contributed by atoms with Gasteiger partial charge in [0.2, 0.25) is 0 Å². The third-order valence-corrected chi connectivity index (χ3v) is 2.50. The first-order valence-corrected chi connectivity index (χ1v) is 5.75. The minimum atomic E-state index is -0.637. The molecule has 7 heteroatoms. The van der Waals surface area contributed by atoms with Crippen molar-refractivity contribution in [1.82, 2.24) is 5.32 Å². The normalized spacial score (nSPS) is 10.0. The smallest absolute Gasteiger partial charge is 0.283 e. The number of alkyl halides is 1. The Labute approximate surface area is 108 Å². The van der Waals surface area contributed by atoms with E-state index >= 15 is 0 Å². The predicted octanol–water partition coefficient (Wildman–Crippen LogP) is 2.61. The van der Waals surface area contributed by atoms with Gasteiger partial charge in [-0.05, 0) is 18.6 Å². The Balaban J connectivity index is 2.89. The Morgan fingerprint density at radius 3 is 2.76 bits per heavy atom. The van der Waals surface area contributed by atoms with Gasteiger partial charge in [-0.1, -0.05) is 11.6 Å². The summed E-state index contributed by atoms with van der Waals surface area (Å²) in [5.74, 6) is -0.0818. The monoisotopic (exact) mass is 276 g/mol. The number of amides is 1. The van der Waals surface area contributed by atoms with Crippen LogP contribution in [0.3, 0.4) is 0 Å². The highest BCUT2D eigenvalue weighted by Crippen LogP contribution is 2.22. The van der Waals surface area contributed by atoms with Crippen LogP contribution in [0.4, 0.5) is 5.69 Å². The third-order valence-electron chi connectivity index (χ3n) is 2.00. The summed E-state index contributed by atoms with van der Waals surface area (Å²) in [6.45, 7) is 0.377.